The predicted molar refractivity (Wildman–Crippen MR) is 81.7 cm³/mol. The third kappa shape index (κ3) is 3.97. The van der Waals surface area contributed by atoms with Crippen LogP contribution in [0.4, 0.5) is 10.3 Å². The van der Waals surface area contributed by atoms with Gasteiger partial charge in [0.2, 0.25) is 5.95 Å². The van der Waals surface area contributed by atoms with Gasteiger partial charge in [-0.3, -0.25) is 0 Å². The zero-order valence-electron chi connectivity index (χ0n) is 12.9. The number of rotatable bonds is 5. The number of halogens is 1. The zero-order chi connectivity index (χ0) is 15.4. The summed E-state index contributed by atoms with van der Waals surface area (Å²) in [5, 5.41) is 3.32. The van der Waals surface area contributed by atoms with Crippen molar-refractivity contribution in [1.82, 2.24) is 15.0 Å². The third-order valence-electron chi connectivity index (χ3n) is 3.26. The van der Waals surface area contributed by atoms with Gasteiger partial charge in [0.25, 0.3) is 0 Å². The summed E-state index contributed by atoms with van der Waals surface area (Å²) in [5.74, 6) is 2.07. The van der Waals surface area contributed by atoms with Crippen LogP contribution in [0.5, 0.6) is 0 Å². The number of anilines is 1. The Morgan fingerprint density at radius 1 is 1.10 bits per heavy atom. The second-order valence-corrected chi connectivity index (χ2v) is 5.38. The summed E-state index contributed by atoms with van der Waals surface area (Å²) in [6, 6.07) is 6.56. The number of hydrogen-bond donors (Lipinski definition) is 1. The molecule has 1 N–H and O–H groups in total. The Hall–Kier alpha value is -2.04. The van der Waals surface area contributed by atoms with Crippen LogP contribution in [0.2, 0.25) is 0 Å². The highest BCUT2D eigenvalue weighted by Crippen LogP contribution is 2.21. The zero-order valence-corrected chi connectivity index (χ0v) is 12.9. The molecule has 0 aliphatic heterocycles. The van der Waals surface area contributed by atoms with Crippen LogP contribution in [-0.4, -0.2) is 15.0 Å². The van der Waals surface area contributed by atoms with Crippen LogP contribution >= 0.6 is 0 Å². The maximum Gasteiger partial charge on any atom is 0.226 e. The fourth-order valence-electron chi connectivity index (χ4n) is 2.10. The van der Waals surface area contributed by atoms with Crippen molar-refractivity contribution in [2.45, 2.75) is 46.1 Å². The lowest BCUT2D eigenvalue weighted by Gasteiger charge is -2.18. The summed E-state index contributed by atoms with van der Waals surface area (Å²) >= 11 is 0. The summed E-state index contributed by atoms with van der Waals surface area (Å²) in [5.41, 5.74) is 1.02. The first-order valence-electron chi connectivity index (χ1n) is 7.24. The average molecular weight is 288 g/mol. The lowest BCUT2D eigenvalue weighted by Crippen LogP contribution is -2.14. The molecule has 4 nitrogen and oxygen atoms in total. The smallest absolute Gasteiger partial charge is 0.226 e. The van der Waals surface area contributed by atoms with Crippen LogP contribution < -0.4 is 5.32 Å². The molecule has 0 saturated heterocycles. The molecule has 0 fully saturated rings. The molecule has 0 saturated carbocycles. The molecule has 1 unspecified atom stereocenters. The van der Waals surface area contributed by atoms with E-state index in [9.17, 15) is 4.39 Å². The Morgan fingerprint density at radius 3 is 2.33 bits per heavy atom. The lowest BCUT2D eigenvalue weighted by molar-refractivity contribution is 0.625. The summed E-state index contributed by atoms with van der Waals surface area (Å²) < 4.78 is 13.0. The second kappa shape index (κ2) is 6.61. The van der Waals surface area contributed by atoms with Crippen molar-refractivity contribution < 1.29 is 4.39 Å². The van der Waals surface area contributed by atoms with Gasteiger partial charge in [-0.25, -0.2) is 9.37 Å². The highest BCUT2D eigenvalue weighted by atomic mass is 19.1. The molecule has 0 bridgehead atoms. The topological polar surface area (TPSA) is 50.7 Å². The van der Waals surface area contributed by atoms with E-state index in [1.54, 1.807) is 12.1 Å². The Balaban J connectivity index is 2.24. The molecule has 2 aromatic rings. The van der Waals surface area contributed by atoms with Crippen LogP contribution in [0.1, 0.15) is 56.4 Å². The number of aromatic nitrogens is 3. The first kappa shape index (κ1) is 15.4. The average Bonchev–Trinajstić information content (AvgIpc) is 2.45. The first-order chi connectivity index (χ1) is 9.99. The van der Waals surface area contributed by atoms with Crippen molar-refractivity contribution >= 4 is 5.95 Å². The van der Waals surface area contributed by atoms with Crippen LogP contribution in [0.3, 0.4) is 0 Å². The summed E-state index contributed by atoms with van der Waals surface area (Å²) in [7, 11) is 0. The first-order valence-corrected chi connectivity index (χ1v) is 7.24. The minimum Gasteiger partial charge on any atom is -0.347 e. The van der Waals surface area contributed by atoms with Gasteiger partial charge in [0.05, 0.1) is 6.04 Å². The molecular weight excluding hydrogens is 267 g/mol. The van der Waals surface area contributed by atoms with E-state index in [1.807, 2.05) is 6.92 Å². The monoisotopic (exact) mass is 288 g/mol. The largest absolute Gasteiger partial charge is 0.347 e. The molecule has 112 valence electrons. The molecule has 2 rings (SSSR count). The number of aryl methyl sites for hydroxylation is 1. The molecule has 0 aliphatic carbocycles. The number of benzene rings is 1. The summed E-state index contributed by atoms with van der Waals surface area (Å²) in [6.45, 7) is 8.03. The number of nitrogens with one attached hydrogen (secondary N) is 1. The molecular formula is C16H21FN4. The lowest BCUT2D eigenvalue weighted by atomic mass is 10.0. The van der Waals surface area contributed by atoms with Gasteiger partial charge in [-0.15, -0.1) is 0 Å². The van der Waals surface area contributed by atoms with E-state index in [4.69, 9.17) is 0 Å². The van der Waals surface area contributed by atoms with Crippen LogP contribution in [0.25, 0.3) is 0 Å². The molecule has 0 radical (unpaired) electrons. The van der Waals surface area contributed by atoms with E-state index in [1.165, 1.54) is 12.1 Å². The van der Waals surface area contributed by atoms with Gasteiger partial charge in [0.1, 0.15) is 17.5 Å². The maximum absolute atomic E-state index is 13.0. The van der Waals surface area contributed by atoms with Gasteiger partial charge >= 0.3 is 0 Å². The molecule has 0 aliphatic rings. The van der Waals surface area contributed by atoms with Crippen molar-refractivity contribution in [2.75, 3.05) is 5.32 Å². The van der Waals surface area contributed by atoms with Crippen molar-refractivity contribution in [3.63, 3.8) is 0 Å². The fourth-order valence-corrected chi connectivity index (χ4v) is 2.10. The van der Waals surface area contributed by atoms with E-state index >= 15 is 0 Å². The summed E-state index contributed by atoms with van der Waals surface area (Å²) in [4.78, 5) is 13.1. The second-order valence-electron chi connectivity index (χ2n) is 5.38. The van der Waals surface area contributed by atoms with Crippen molar-refractivity contribution in [3.05, 3.63) is 47.3 Å². The fraction of sp³-hybridized carbons (Fsp3) is 0.438. The minimum absolute atomic E-state index is 0.0485. The van der Waals surface area contributed by atoms with Crippen molar-refractivity contribution in [2.24, 2.45) is 0 Å². The molecule has 1 aromatic carbocycles. The van der Waals surface area contributed by atoms with Crippen LogP contribution in [-0.2, 0) is 0 Å². The van der Waals surface area contributed by atoms with Gasteiger partial charge < -0.3 is 5.32 Å². The Labute approximate surface area is 124 Å². The molecule has 1 atom stereocenters. The van der Waals surface area contributed by atoms with Gasteiger partial charge in [-0.2, -0.15) is 9.97 Å². The van der Waals surface area contributed by atoms with E-state index in [0.717, 1.165) is 17.8 Å². The Morgan fingerprint density at radius 2 is 1.76 bits per heavy atom. The standard InChI is InChI=1S/C16H21FN4/c1-5-14(12-6-8-13(17)9-7-12)20-16-19-11(4)18-15(21-16)10(2)3/h6-10,14H,5H2,1-4H3,(H,18,19,20,21). The van der Waals surface area contributed by atoms with E-state index in [2.05, 4.69) is 41.0 Å². The predicted octanol–water partition coefficient (Wildman–Crippen LogP) is 4.01. The Bertz CT molecular complexity index is 596. The molecule has 0 amide bonds. The quantitative estimate of drug-likeness (QED) is 0.903. The molecule has 1 heterocycles. The van der Waals surface area contributed by atoms with Gasteiger partial charge in [-0.1, -0.05) is 32.9 Å². The molecule has 0 spiro atoms. The van der Waals surface area contributed by atoms with E-state index in [-0.39, 0.29) is 17.8 Å². The molecule has 1 aromatic heterocycles. The van der Waals surface area contributed by atoms with Crippen LogP contribution in [0, 0.1) is 12.7 Å². The third-order valence-corrected chi connectivity index (χ3v) is 3.26. The molecule has 5 heteroatoms. The van der Waals surface area contributed by atoms with Gasteiger partial charge in [0.15, 0.2) is 0 Å². The van der Waals surface area contributed by atoms with Gasteiger partial charge in [-0.05, 0) is 31.0 Å². The highest BCUT2D eigenvalue weighted by molar-refractivity contribution is 5.32. The molecule has 21 heavy (non-hydrogen) atoms. The van der Waals surface area contributed by atoms with E-state index in [0.29, 0.717) is 11.8 Å². The van der Waals surface area contributed by atoms with Crippen LogP contribution in [0.15, 0.2) is 24.3 Å². The summed E-state index contributed by atoms with van der Waals surface area (Å²) in [6.07, 6.45) is 0.855. The van der Waals surface area contributed by atoms with Crippen molar-refractivity contribution in [1.29, 1.82) is 0 Å². The highest BCUT2D eigenvalue weighted by Gasteiger charge is 2.13. The normalized spacial score (nSPS) is 12.5. The SMILES string of the molecule is CCC(Nc1nc(C)nc(C(C)C)n1)c1ccc(F)cc1. The van der Waals surface area contributed by atoms with Gasteiger partial charge in [0, 0.05) is 5.92 Å². The number of hydrogen-bond acceptors (Lipinski definition) is 4. The van der Waals surface area contributed by atoms with Crippen molar-refractivity contribution in [3.8, 4) is 0 Å². The maximum atomic E-state index is 13.0. The minimum atomic E-state index is -0.230. The van der Waals surface area contributed by atoms with E-state index < -0.39 is 0 Å². The number of nitrogens with zero attached hydrogens (tertiary/aromatic N) is 3. The Kier molecular flexibility index (Phi) is 4.83.